The molecule has 2 amide bonds. The molecule has 4 rings (SSSR count). The van der Waals surface area contributed by atoms with E-state index in [1.54, 1.807) is 36.4 Å². The van der Waals surface area contributed by atoms with Crippen LogP contribution in [0.2, 0.25) is 0 Å². The fourth-order valence-corrected chi connectivity index (χ4v) is 4.91. The molecule has 1 aliphatic carbocycles. The number of rotatable bonds is 4. The number of amides is 2. The molecule has 1 aliphatic heterocycles. The topological polar surface area (TPSA) is 63.7 Å². The minimum absolute atomic E-state index is 0.124. The molecule has 2 aromatic carbocycles. The van der Waals surface area contributed by atoms with Crippen molar-refractivity contribution in [3.8, 4) is 0 Å². The van der Waals surface area contributed by atoms with E-state index in [-0.39, 0.29) is 17.6 Å². The molecule has 1 saturated carbocycles. The Labute approximate surface area is 190 Å². The first-order chi connectivity index (χ1) is 14.8. The molecule has 0 aromatic heterocycles. The monoisotopic (exact) mass is 483 g/mol. The van der Waals surface area contributed by atoms with Gasteiger partial charge in [-0.1, -0.05) is 43.1 Å². The highest BCUT2D eigenvalue weighted by Gasteiger charge is 2.38. The van der Waals surface area contributed by atoms with Gasteiger partial charge in [-0.2, -0.15) is 0 Å². The van der Waals surface area contributed by atoms with Crippen LogP contribution in [0.1, 0.15) is 71.1 Å². The molecule has 0 bridgehead atoms. The van der Waals surface area contributed by atoms with Crippen molar-refractivity contribution < 1.29 is 19.1 Å². The van der Waals surface area contributed by atoms with Gasteiger partial charge in [-0.25, -0.2) is 9.69 Å². The first-order valence-corrected chi connectivity index (χ1v) is 11.5. The number of hydrogen-bond donors (Lipinski definition) is 0. The molecule has 0 N–H and O–H groups in total. The highest BCUT2D eigenvalue weighted by molar-refractivity contribution is 9.10. The normalized spacial score (nSPS) is 23.3. The van der Waals surface area contributed by atoms with Crippen molar-refractivity contribution in [2.24, 2.45) is 17.8 Å². The average Bonchev–Trinajstić information content (AvgIpc) is 2.98. The predicted molar refractivity (Wildman–Crippen MR) is 122 cm³/mol. The van der Waals surface area contributed by atoms with E-state index in [1.165, 1.54) is 6.07 Å². The summed E-state index contributed by atoms with van der Waals surface area (Å²) in [5, 5.41) is 0. The lowest BCUT2D eigenvalue weighted by Gasteiger charge is -2.36. The second-order valence-corrected chi connectivity index (χ2v) is 9.87. The average molecular weight is 484 g/mol. The number of carbonyl (C=O) groups is 3. The molecule has 0 spiro atoms. The Hall–Kier alpha value is -2.47. The Balaban J connectivity index is 1.57. The van der Waals surface area contributed by atoms with E-state index < -0.39 is 11.9 Å². The lowest BCUT2D eigenvalue weighted by molar-refractivity contribution is -0.0174. The summed E-state index contributed by atoms with van der Waals surface area (Å²) in [4.78, 5) is 39.9. The Morgan fingerprint density at radius 3 is 2.39 bits per heavy atom. The summed E-state index contributed by atoms with van der Waals surface area (Å²) in [6.45, 7) is 6.52. The SMILES string of the molecule is CC1CCC(C(C)C)C(OC(=O)c2ccc3c(c2)C(=O)N(c2ccc(Br)cc2)C3=O)C1. The second-order valence-electron chi connectivity index (χ2n) is 8.95. The molecule has 0 saturated heterocycles. The van der Waals surface area contributed by atoms with Crippen molar-refractivity contribution in [2.45, 2.75) is 46.1 Å². The molecule has 2 aromatic rings. The Kier molecular flexibility index (Phi) is 6.02. The maximum Gasteiger partial charge on any atom is 0.338 e. The zero-order chi connectivity index (χ0) is 22.3. The summed E-state index contributed by atoms with van der Waals surface area (Å²) in [5.41, 5.74) is 1.34. The van der Waals surface area contributed by atoms with Crippen LogP contribution in [0.4, 0.5) is 5.69 Å². The Morgan fingerprint density at radius 1 is 1.03 bits per heavy atom. The van der Waals surface area contributed by atoms with Gasteiger partial charge in [0.1, 0.15) is 6.10 Å². The number of benzene rings is 2. The lowest BCUT2D eigenvalue weighted by atomic mass is 9.75. The number of anilines is 1. The van der Waals surface area contributed by atoms with Crippen molar-refractivity contribution in [1.29, 1.82) is 0 Å². The van der Waals surface area contributed by atoms with E-state index in [4.69, 9.17) is 4.74 Å². The predicted octanol–water partition coefficient (Wildman–Crippen LogP) is 5.87. The molecule has 31 heavy (non-hydrogen) atoms. The molecule has 6 heteroatoms. The molecular weight excluding hydrogens is 458 g/mol. The largest absolute Gasteiger partial charge is 0.458 e. The zero-order valence-corrected chi connectivity index (χ0v) is 19.5. The van der Waals surface area contributed by atoms with Crippen LogP contribution in [0.3, 0.4) is 0 Å². The summed E-state index contributed by atoms with van der Waals surface area (Å²) in [6, 6.07) is 11.6. The van der Waals surface area contributed by atoms with Crippen molar-refractivity contribution >= 4 is 39.4 Å². The third-order valence-electron chi connectivity index (χ3n) is 6.43. The van der Waals surface area contributed by atoms with E-state index in [2.05, 4.69) is 36.7 Å². The summed E-state index contributed by atoms with van der Waals surface area (Å²) in [6.07, 6.45) is 2.93. The van der Waals surface area contributed by atoms with Crippen molar-refractivity contribution in [1.82, 2.24) is 0 Å². The smallest absolute Gasteiger partial charge is 0.338 e. The highest BCUT2D eigenvalue weighted by Crippen LogP contribution is 2.36. The van der Waals surface area contributed by atoms with Crippen LogP contribution in [0, 0.1) is 17.8 Å². The molecule has 1 heterocycles. The van der Waals surface area contributed by atoms with E-state index in [0.717, 1.165) is 28.6 Å². The fraction of sp³-hybridized carbons (Fsp3) is 0.400. The number of imide groups is 1. The van der Waals surface area contributed by atoms with Gasteiger partial charge in [-0.3, -0.25) is 9.59 Å². The third kappa shape index (κ3) is 4.18. The van der Waals surface area contributed by atoms with Crippen LogP contribution >= 0.6 is 15.9 Å². The first kappa shape index (κ1) is 21.8. The van der Waals surface area contributed by atoms with Gasteiger partial charge in [0.15, 0.2) is 0 Å². The van der Waals surface area contributed by atoms with E-state index in [1.807, 2.05) is 0 Å². The zero-order valence-electron chi connectivity index (χ0n) is 17.9. The minimum Gasteiger partial charge on any atom is -0.458 e. The molecule has 0 radical (unpaired) electrons. The maximum atomic E-state index is 13.0. The second kappa shape index (κ2) is 8.58. The first-order valence-electron chi connectivity index (χ1n) is 10.8. The van der Waals surface area contributed by atoms with Gasteiger partial charge >= 0.3 is 5.97 Å². The number of esters is 1. The van der Waals surface area contributed by atoms with Gasteiger partial charge in [0.05, 0.1) is 22.4 Å². The van der Waals surface area contributed by atoms with Gasteiger partial charge in [0.25, 0.3) is 11.8 Å². The molecule has 2 aliphatic rings. The molecule has 1 fully saturated rings. The van der Waals surface area contributed by atoms with Gasteiger partial charge in [-0.15, -0.1) is 0 Å². The maximum absolute atomic E-state index is 13.0. The van der Waals surface area contributed by atoms with Crippen LogP contribution in [-0.4, -0.2) is 23.9 Å². The van der Waals surface area contributed by atoms with Crippen LogP contribution in [0.25, 0.3) is 0 Å². The van der Waals surface area contributed by atoms with Gasteiger partial charge in [-0.05, 0) is 73.1 Å². The number of nitrogens with zero attached hydrogens (tertiary/aromatic N) is 1. The number of halogens is 1. The molecule has 3 unspecified atom stereocenters. The summed E-state index contributed by atoms with van der Waals surface area (Å²) in [7, 11) is 0. The number of fused-ring (bicyclic) bond motifs is 1. The fourth-order valence-electron chi connectivity index (χ4n) is 4.65. The minimum atomic E-state index is -0.435. The number of ether oxygens (including phenoxy) is 1. The van der Waals surface area contributed by atoms with Gasteiger partial charge in [0.2, 0.25) is 0 Å². The number of hydrogen-bond acceptors (Lipinski definition) is 4. The third-order valence-corrected chi connectivity index (χ3v) is 6.96. The summed E-state index contributed by atoms with van der Waals surface area (Å²) in [5.74, 6) is 0.0441. The van der Waals surface area contributed by atoms with E-state index in [9.17, 15) is 14.4 Å². The van der Waals surface area contributed by atoms with E-state index in [0.29, 0.717) is 34.6 Å². The van der Waals surface area contributed by atoms with Gasteiger partial charge in [0, 0.05) is 4.47 Å². The van der Waals surface area contributed by atoms with Crippen LogP contribution < -0.4 is 4.90 Å². The van der Waals surface area contributed by atoms with E-state index >= 15 is 0 Å². The summed E-state index contributed by atoms with van der Waals surface area (Å²) < 4.78 is 6.77. The molecule has 3 atom stereocenters. The van der Waals surface area contributed by atoms with Crippen LogP contribution in [-0.2, 0) is 4.74 Å². The van der Waals surface area contributed by atoms with Crippen molar-refractivity contribution in [3.63, 3.8) is 0 Å². The summed E-state index contributed by atoms with van der Waals surface area (Å²) >= 11 is 3.36. The lowest BCUT2D eigenvalue weighted by Crippen LogP contribution is -2.35. The molecule has 5 nitrogen and oxygen atoms in total. The Morgan fingerprint density at radius 2 is 1.71 bits per heavy atom. The highest BCUT2D eigenvalue weighted by atomic mass is 79.9. The van der Waals surface area contributed by atoms with Gasteiger partial charge < -0.3 is 4.74 Å². The van der Waals surface area contributed by atoms with Crippen molar-refractivity contribution in [3.05, 3.63) is 63.6 Å². The van der Waals surface area contributed by atoms with Crippen LogP contribution in [0.5, 0.6) is 0 Å². The standard InChI is InChI=1S/C25H26BrNO4/c1-14(2)19-10-4-15(3)12-22(19)31-25(30)16-5-11-20-21(13-16)24(29)27(23(20)28)18-8-6-17(26)7-9-18/h5-9,11,13-15,19,22H,4,10,12H2,1-3H3. The quantitative estimate of drug-likeness (QED) is 0.403. The number of carbonyl (C=O) groups excluding carboxylic acids is 3. The van der Waals surface area contributed by atoms with Crippen LogP contribution in [0.15, 0.2) is 46.9 Å². The molecular formula is C25H26BrNO4. The van der Waals surface area contributed by atoms with Crippen molar-refractivity contribution in [2.75, 3.05) is 4.90 Å². The molecule has 162 valence electrons. The Bertz CT molecular complexity index is 1030.